The van der Waals surface area contributed by atoms with Gasteiger partial charge < -0.3 is 5.11 Å². The zero-order chi connectivity index (χ0) is 19.6. The van der Waals surface area contributed by atoms with Crippen LogP contribution in [0.5, 0.6) is 5.75 Å². The fraction of sp³-hybridized carbons (Fsp3) is 0. The predicted octanol–water partition coefficient (Wildman–Crippen LogP) is 2.96. The summed E-state index contributed by atoms with van der Waals surface area (Å²) in [6, 6.07) is 40.4. The average Bonchev–Trinajstić information content (AvgIpc) is 2.95. The molecule has 0 fully saturated rings. The number of hydrogen-bond acceptors (Lipinski definition) is 2. The van der Waals surface area contributed by atoms with E-state index < -0.39 is 14.3 Å². The van der Waals surface area contributed by atoms with Gasteiger partial charge in [0.2, 0.25) is 5.43 Å². The van der Waals surface area contributed by atoms with E-state index in [0.29, 0.717) is 0 Å². The molecule has 4 aromatic carbocycles. The van der Waals surface area contributed by atoms with Crippen LogP contribution in [0.25, 0.3) is 0 Å². The zero-order valence-electron chi connectivity index (χ0n) is 15.4. The van der Waals surface area contributed by atoms with Gasteiger partial charge in [-0.25, -0.2) is 0 Å². The molecule has 0 saturated heterocycles. The van der Waals surface area contributed by atoms with Gasteiger partial charge in [0.05, 0.1) is 0 Å². The standard InChI is InChI=1S/C18H15Ge.C7H6O2/c1-4-10-16(11-5-1)19(17-12-6-2-7-13-17)18-14-8-3-9-15-18;8-6-4-2-1-3-5-7(6)9/h1-15H;1-5H,(H,8,9). The molecule has 3 heteroatoms. The molecule has 0 unspecified atom stereocenters. The Bertz CT molecular complexity index is 942. The van der Waals surface area contributed by atoms with Crippen LogP contribution < -0.4 is 18.6 Å². The van der Waals surface area contributed by atoms with E-state index in [1.165, 1.54) is 25.3 Å². The molecule has 28 heavy (non-hydrogen) atoms. The number of benzene rings is 3. The molecule has 2 nitrogen and oxygen atoms in total. The number of aromatic hydroxyl groups is 1. The Morgan fingerprint density at radius 1 is 0.464 bits per heavy atom. The molecule has 4 rings (SSSR count). The van der Waals surface area contributed by atoms with Crippen molar-refractivity contribution < 1.29 is 5.11 Å². The molecule has 0 atom stereocenters. The van der Waals surface area contributed by atoms with Crippen molar-refractivity contribution in [1.29, 1.82) is 0 Å². The van der Waals surface area contributed by atoms with Crippen LogP contribution in [0.1, 0.15) is 0 Å². The summed E-state index contributed by atoms with van der Waals surface area (Å²) in [4.78, 5) is 10.6. The second kappa shape index (κ2) is 10.3. The predicted molar refractivity (Wildman–Crippen MR) is 118 cm³/mol. The minimum atomic E-state index is -1.63. The molecule has 0 aliphatic rings. The first kappa shape index (κ1) is 19.6. The first-order valence-corrected chi connectivity index (χ1v) is 12.2. The maximum atomic E-state index is 10.6. The van der Waals surface area contributed by atoms with E-state index in [2.05, 4.69) is 91.0 Å². The van der Waals surface area contributed by atoms with Crippen molar-refractivity contribution in [3.05, 3.63) is 132 Å². The fourth-order valence-electron chi connectivity index (χ4n) is 2.84. The van der Waals surface area contributed by atoms with Crippen molar-refractivity contribution in [2.45, 2.75) is 0 Å². The van der Waals surface area contributed by atoms with Crippen LogP contribution in [0, 0.1) is 0 Å². The molecule has 0 aliphatic carbocycles. The Balaban J connectivity index is 0.000000211. The number of hydrogen-bond donors (Lipinski definition) is 1. The van der Waals surface area contributed by atoms with E-state index in [-0.39, 0.29) is 11.2 Å². The molecule has 0 heterocycles. The van der Waals surface area contributed by atoms with E-state index in [1.54, 1.807) is 18.2 Å². The molecular weight excluding hydrogens is 405 g/mol. The summed E-state index contributed by atoms with van der Waals surface area (Å²) >= 11 is -1.63. The van der Waals surface area contributed by atoms with Crippen LogP contribution >= 0.6 is 0 Å². The molecule has 0 spiro atoms. The summed E-state index contributed by atoms with van der Waals surface area (Å²) in [6.45, 7) is 0. The Morgan fingerprint density at radius 3 is 1.18 bits per heavy atom. The van der Waals surface area contributed by atoms with Gasteiger partial charge >= 0.3 is 119 Å². The second-order valence-corrected chi connectivity index (χ2v) is 11.3. The van der Waals surface area contributed by atoms with E-state index in [0.717, 1.165) is 0 Å². The zero-order valence-corrected chi connectivity index (χ0v) is 17.5. The third kappa shape index (κ3) is 5.44. The molecule has 4 aromatic rings. The summed E-state index contributed by atoms with van der Waals surface area (Å²) in [5, 5.41) is 8.77. The number of rotatable bonds is 3. The van der Waals surface area contributed by atoms with Crippen LogP contribution in [0.2, 0.25) is 0 Å². The maximum absolute atomic E-state index is 10.6. The fourth-order valence-corrected chi connectivity index (χ4v) is 8.24. The van der Waals surface area contributed by atoms with Crippen molar-refractivity contribution in [3.63, 3.8) is 0 Å². The molecule has 1 N–H and O–H groups in total. The summed E-state index contributed by atoms with van der Waals surface area (Å²) in [5.41, 5.74) is -0.347. The van der Waals surface area contributed by atoms with Crippen LogP contribution in [0.3, 0.4) is 0 Å². The Morgan fingerprint density at radius 2 is 0.786 bits per heavy atom. The van der Waals surface area contributed by atoms with Crippen molar-refractivity contribution in [2.24, 2.45) is 0 Å². The minimum absolute atomic E-state index is 0.208. The van der Waals surface area contributed by atoms with E-state index in [9.17, 15) is 4.79 Å². The van der Waals surface area contributed by atoms with Crippen molar-refractivity contribution in [2.75, 3.05) is 0 Å². The molecule has 0 aliphatic heterocycles. The quantitative estimate of drug-likeness (QED) is 0.512. The van der Waals surface area contributed by atoms with Crippen LogP contribution in [0.4, 0.5) is 0 Å². The summed E-state index contributed by atoms with van der Waals surface area (Å²) in [5.74, 6) is -0.208. The van der Waals surface area contributed by atoms with Crippen molar-refractivity contribution in [1.82, 2.24) is 0 Å². The third-order valence-electron chi connectivity index (χ3n) is 4.16. The monoisotopic (exact) mass is 427 g/mol. The first-order valence-electron chi connectivity index (χ1n) is 9.07. The van der Waals surface area contributed by atoms with Crippen LogP contribution in [0.15, 0.2) is 126 Å². The summed E-state index contributed by atoms with van der Waals surface area (Å²) in [6.07, 6.45) is 0. The Kier molecular flexibility index (Phi) is 7.22. The van der Waals surface area contributed by atoms with Gasteiger partial charge in [-0.15, -0.1) is 0 Å². The van der Waals surface area contributed by atoms with E-state index in [1.807, 2.05) is 0 Å². The van der Waals surface area contributed by atoms with Gasteiger partial charge in [0.25, 0.3) is 0 Å². The van der Waals surface area contributed by atoms with E-state index >= 15 is 0 Å². The second-order valence-electron chi connectivity index (χ2n) is 6.13. The normalized spacial score (nSPS) is 10.0. The van der Waals surface area contributed by atoms with Gasteiger partial charge in [-0.3, -0.25) is 4.79 Å². The van der Waals surface area contributed by atoms with Crippen LogP contribution in [-0.4, -0.2) is 19.5 Å². The van der Waals surface area contributed by atoms with Gasteiger partial charge in [-0.05, 0) is 12.1 Å². The van der Waals surface area contributed by atoms with Crippen LogP contribution in [-0.2, 0) is 0 Å². The van der Waals surface area contributed by atoms with Crippen molar-refractivity contribution >= 4 is 27.5 Å². The molecule has 0 amide bonds. The molecular formula is C25H21GeO2. The van der Waals surface area contributed by atoms with Gasteiger partial charge in [0, 0.05) is 0 Å². The molecule has 1 radical (unpaired) electrons. The third-order valence-corrected chi connectivity index (χ3v) is 9.90. The SMILES string of the molecule is O=c1cccccc1O.c1cc[c]([Ge]([c]2ccccc2)[c]2ccccc2)cc1. The Hall–Kier alpha value is -3.11. The van der Waals surface area contributed by atoms with Gasteiger partial charge in [-0.1, -0.05) is 18.2 Å². The van der Waals surface area contributed by atoms with Gasteiger partial charge in [0.15, 0.2) is 5.75 Å². The van der Waals surface area contributed by atoms with Crippen molar-refractivity contribution in [3.8, 4) is 5.75 Å². The van der Waals surface area contributed by atoms with Gasteiger partial charge in [0.1, 0.15) is 0 Å². The Labute approximate surface area is 169 Å². The van der Waals surface area contributed by atoms with E-state index in [4.69, 9.17) is 5.11 Å². The molecule has 0 saturated carbocycles. The van der Waals surface area contributed by atoms with Gasteiger partial charge in [-0.2, -0.15) is 0 Å². The summed E-state index contributed by atoms with van der Waals surface area (Å²) in [7, 11) is 0. The first-order chi connectivity index (χ1) is 13.8. The topological polar surface area (TPSA) is 37.3 Å². The molecule has 0 bridgehead atoms. The molecule has 137 valence electrons. The summed E-state index contributed by atoms with van der Waals surface area (Å²) < 4.78 is 4.50. The average molecular weight is 426 g/mol. The molecule has 0 aromatic heterocycles.